The quantitative estimate of drug-likeness (QED) is 0.676. The second kappa shape index (κ2) is 5.85. The molecule has 0 aliphatic rings. The predicted octanol–water partition coefficient (Wildman–Crippen LogP) is 3.08. The van der Waals surface area contributed by atoms with Crippen molar-refractivity contribution in [2.45, 2.75) is 13.5 Å². The molecule has 2 aromatic rings. The van der Waals surface area contributed by atoms with Gasteiger partial charge < -0.3 is 10.5 Å². The predicted molar refractivity (Wildman–Crippen MR) is 80.6 cm³/mol. The van der Waals surface area contributed by atoms with Gasteiger partial charge in [-0.25, -0.2) is 4.79 Å². The van der Waals surface area contributed by atoms with E-state index in [1.165, 1.54) is 6.07 Å². The van der Waals surface area contributed by atoms with Gasteiger partial charge in [0.1, 0.15) is 6.61 Å². The molecule has 0 spiro atoms. The van der Waals surface area contributed by atoms with E-state index in [2.05, 4.69) is 21.0 Å². The topological polar surface area (TPSA) is 70.1 Å². The minimum Gasteiger partial charge on any atom is -0.456 e. The van der Waals surface area contributed by atoms with Crippen molar-refractivity contribution < 1.29 is 9.53 Å². The second-order valence-corrected chi connectivity index (χ2v) is 5.49. The van der Waals surface area contributed by atoms with Crippen LogP contribution in [0.4, 0.5) is 5.69 Å². The molecule has 1 aromatic carbocycles. The maximum Gasteiger partial charge on any atom is 0.340 e. The number of benzene rings is 1. The number of carbonyl (C=O) groups is 1. The van der Waals surface area contributed by atoms with Crippen LogP contribution in [-0.4, -0.2) is 15.7 Å². The van der Waals surface area contributed by atoms with Crippen LogP contribution >= 0.6 is 27.5 Å². The fraction of sp³-hybridized carbons (Fsp3) is 0.231. The molecule has 1 heterocycles. The summed E-state index contributed by atoms with van der Waals surface area (Å²) in [6, 6.07) is 4.69. The molecule has 0 saturated heterocycles. The molecule has 0 bridgehead atoms. The zero-order valence-electron chi connectivity index (χ0n) is 11.0. The van der Waals surface area contributed by atoms with Gasteiger partial charge in [-0.2, -0.15) is 5.10 Å². The molecule has 1 aromatic heterocycles. The van der Waals surface area contributed by atoms with Crippen molar-refractivity contribution in [2.24, 2.45) is 7.05 Å². The molecular weight excluding hydrogens is 346 g/mol. The van der Waals surface area contributed by atoms with Gasteiger partial charge in [0, 0.05) is 12.7 Å². The van der Waals surface area contributed by atoms with Crippen LogP contribution in [0.25, 0.3) is 0 Å². The van der Waals surface area contributed by atoms with Crippen LogP contribution < -0.4 is 5.73 Å². The molecular formula is C13H13BrClN3O2. The van der Waals surface area contributed by atoms with Gasteiger partial charge in [0.2, 0.25) is 0 Å². The number of hydrogen-bond donors (Lipinski definition) is 1. The van der Waals surface area contributed by atoms with Gasteiger partial charge in [-0.3, -0.25) is 4.68 Å². The van der Waals surface area contributed by atoms with Crippen LogP contribution in [0.1, 0.15) is 21.7 Å². The smallest absolute Gasteiger partial charge is 0.340 e. The lowest BCUT2D eigenvalue weighted by molar-refractivity contribution is 0.0463. The Morgan fingerprint density at radius 3 is 2.85 bits per heavy atom. The van der Waals surface area contributed by atoms with E-state index in [0.717, 1.165) is 15.9 Å². The molecule has 0 aliphatic carbocycles. The van der Waals surface area contributed by atoms with Gasteiger partial charge in [0.15, 0.2) is 0 Å². The molecule has 106 valence electrons. The molecule has 5 nitrogen and oxygen atoms in total. The van der Waals surface area contributed by atoms with Crippen molar-refractivity contribution in [1.29, 1.82) is 0 Å². The molecule has 0 saturated carbocycles. The van der Waals surface area contributed by atoms with Crippen molar-refractivity contribution >= 4 is 39.2 Å². The maximum absolute atomic E-state index is 12.0. The summed E-state index contributed by atoms with van der Waals surface area (Å²) in [6.07, 6.45) is 0. The fourth-order valence-corrected chi connectivity index (χ4v) is 2.39. The first-order valence-electron chi connectivity index (χ1n) is 5.80. The number of nitrogens with zero attached hydrogens (tertiary/aromatic N) is 2. The number of aryl methyl sites for hydroxylation is 2. The Morgan fingerprint density at radius 2 is 2.25 bits per heavy atom. The fourth-order valence-electron chi connectivity index (χ4n) is 1.75. The number of rotatable bonds is 3. The van der Waals surface area contributed by atoms with Crippen molar-refractivity contribution in [3.8, 4) is 0 Å². The van der Waals surface area contributed by atoms with Crippen LogP contribution in [0, 0.1) is 6.92 Å². The molecule has 7 heteroatoms. The standard InChI is InChI=1S/C13H13BrClN3O2/c1-7-12(14)11(18(2)17-7)6-20-13(19)9-5-8(16)3-4-10(9)15/h3-5H,6,16H2,1-2H3. The Bertz CT molecular complexity index is 670. The van der Waals surface area contributed by atoms with Crippen LogP contribution in [0.3, 0.4) is 0 Å². The molecule has 0 aliphatic heterocycles. The van der Waals surface area contributed by atoms with E-state index in [9.17, 15) is 4.79 Å². The van der Waals surface area contributed by atoms with Gasteiger partial charge in [-0.15, -0.1) is 0 Å². The number of ether oxygens (including phenoxy) is 1. The maximum atomic E-state index is 12.0. The van der Waals surface area contributed by atoms with Crippen molar-refractivity contribution in [3.63, 3.8) is 0 Å². The van der Waals surface area contributed by atoms with Gasteiger partial charge >= 0.3 is 5.97 Å². The minimum absolute atomic E-state index is 0.0991. The number of anilines is 1. The van der Waals surface area contributed by atoms with Gasteiger partial charge in [-0.1, -0.05) is 11.6 Å². The molecule has 0 radical (unpaired) electrons. The third kappa shape index (κ3) is 2.96. The number of nitrogens with two attached hydrogens (primary N) is 1. The zero-order chi connectivity index (χ0) is 14.9. The highest BCUT2D eigenvalue weighted by atomic mass is 79.9. The first kappa shape index (κ1) is 14.9. The van der Waals surface area contributed by atoms with Crippen LogP contribution in [-0.2, 0) is 18.4 Å². The highest BCUT2D eigenvalue weighted by molar-refractivity contribution is 9.10. The third-order valence-electron chi connectivity index (χ3n) is 2.81. The summed E-state index contributed by atoms with van der Waals surface area (Å²) < 4.78 is 7.74. The number of carbonyl (C=O) groups excluding carboxylic acids is 1. The van der Waals surface area contributed by atoms with Crippen LogP contribution in [0.15, 0.2) is 22.7 Å². The molecule has 0 fully saturated rings. The summed E-state index contributed by atoms with van der Waals surface area (Å²) >= 11 is 9.37. The summed E-state index contributed by atoms with van der Waals surface area (Å²) in [7, 11) is 1.79. The highest BCUT2D eigenvalue weighted by Gasteiger charge is 2.16. The molecule has 0 amide bonds. The number of aromatic nitrogens is 2. The number of hydrogen-bond acceptors (Lipinski definition) is 4. The molecule has 0 unspecified atom stereocenters. The van der Waals surface area contributed by atoms with Crippen LogP contribution in [0.5, 0.6) is 0 Å². The Kier molecular flexibility index (Phi) is 4.35. The second-order valence-electron chi connectivity index (χ2n) is 4.29. The van der Waals surface area contributed by atoms with E-state index in [1.807, 2.05) is 6.92 Å². The Labute approximate surface area is 129 Å². The lowest BCUT2D eigenvalue weighted by Gasteiger charge is -2.07. The minimum atomic E-state index is -0.520. The number of halogens is 2. The summed E-state index contributed by atoms with van der Waals surface area (Å²) in [5.41, 5.74) is 7.95. The molecule has 2 rings (SSSR count). The SMILES string of the molecule is Cc1nn(C)c(COC(=O)c2cc(N)ccc2Cl)c1Br. The molecule has 20 heavy (non-hydrogen) atoms. The monoisotopic (exact) mass is 357 g/mol. The summed E-state index contributed by atoms with van der Waals surface area (Å²) in [6.45, 7) is 1.96. The Morgan fingerprint density at radius 1 is 1.55 bits per heavy atom. The lowest BCUT2D eigenvalue weighted by Crippen LogP contribution is -2.09. The van der Waals surface area contributed by atoms with E-state index < -0.39 is 5.97 Å². The average molecular weight is 359 g/mol. The van der Waals surface area contributed by atoms with Crippen molar-refractivity contribution in [3.05, 3.63) is 44.6 Å². The number of esters is 1. The lowest BCUT2D eigenvalue weighted by atomic mass is 10.2. The first-order valence-corrected chi connectivity index (χ1v) is 6.97. The van der Waals surface area contributed by atoms with Crippen molar-refractivity contribution in [2.75, 3.05) is 5.73 Å². The van der Waals surface area contributed by atoms with Gasteiger partial charge in [0.05, 0.1) is 26.4 Å². The van der Waals surface area contributed by atoms with Gasteiger partial charge in [0.25, 0.3) is 0 Å². The summed E-state index contributed by atoms with van der Waals surface area (Å²) in [4.78, 5) is 12.0. The summed E-state index contributed by atoms with van der Waals surface area (Å²) in [5.74, 6) is -0.520. The van der Waals surface area contributed by atoms with E-state index >= 15 is 0 Å². The largest absolute Gasteiger partial charge is 0.456 e. The third-order valence-corrected chi connectivity index (χ3v) is 4.17. The highest BCUT2D eigenvalue weighted by Crippen LogP contribution is 2.23. The van der Waals surface area contributed by atoms with E-state index in [4.69, 9.17) is 22.1 Å². The van der Waals surface area contributed by atoms with E-state index in [0.29, 0.717) is 10.7 Å². The van der Waals surface area contributed by atoms with Crippen LogP contribution in [0.2, 0.25) is 5.02 Å². The van der Waals surface area contributed by atoms with Crippen molar-refractivity contribution in [1.82, 2.24) is 9.78 Å². The molecule has 2 N–H and O–H groups in total. The Hall–Kier alpha value is -1.53. The zero-order valence-corrected chi connectivity index (χ0v) is 13.3. The Balaban J connectivity index is 2.15. The molecule has 0 atom stereocenters. The van der Waals surface area contributed by atoms with E-state index in [-0.39, 0.29) is 12.2 Å². The summed E-state index contributed by atoms with van der Waals surface area (Å²) in [5, 5.41) is 4.54. The average Bonchev–Trinajstić information content (AvgIpc) is 2.64. The normalized spacial score (nSPS) is 10.6. The first-order chi connectivity index (χ1) is 9.40. The number of nitrogen functional groups attached to an aromatic ring is 1. The van der Waals surface area contributed by atoms with Gasteiger partial charge in [-0.05, 0) is 41.1 Å². The van der Waals surface area contributed by atoms with E-state index in [1.54, 1.807) is 23.9 Å².